The van der Waals surface area contributed by atoms with Crippen LogP contribution in [-0.4, -0.2) is 9.55 Å². The van der Waals surface area contributed by atoms with Crippen LogP contribution in [0.15, 0.2) is 49.1 Å². The van der Waals surface area contributed by atoms with Crippen molar-refractivity contribution in [1.82, 2.24) is 9.55 Å². The molecule has 2 heterocycles. The summed E-state index contributed by atoms with van der Waals surface area (Å²) < 4.78 is 2.30. The summed E-state index contributed by atoms with van der Waals surface area (Å²) in [5, 5.41) is 0. The summed E-state index contributed by atoms with van der Waals surface area (Å²) in [6.45, 7) is 5.61. The minimum atomic E-state index is 1.19. The molecule has 0 spiro atoms. The molecule has 0 aliphatic heterocycles. The maximum atomic E-state index is 3.78. The highest BCUT2D eigenvalue weighted by atomic mass is 14.9. The number of nitrogens with zero attached hydrogens (tertiary/aromatic N) is 2. The van der Waals surface area contributed by atoms with Gasteiger partial charge < -0.3 is 4.57 Å². The van der Waals surface area contributed by atoms with Crippen molar-refractivity contribution in [1.29, 1.82) is 0 Å². The third kappa shape index (κ3) is 8.52. The molecule has 0 radical (unpaired) electrons. The van der Waals surface area contributed by atoms with Crippen LogP contribution in [0.3, 0.4) is 0 Å². The van der Waals surface area contributed by atoms with Gasteiger partial charge in [-0.2, -0.15) is 0 Å². The first-order valence-electron chi connectivity index (χ1n) is 7.80. The quantitative estimate of drug-likeness (QED) is 0.630. The standard InChI is InChI=1S/C13H23N.C5H5N/c1-3-4-5-6-7-8-10-14-11-9-13(2)12-14;1-2-4-6-5-3-1/h9,11-12H,3-8,10H2,1-2H3;1-5H. The third-order valence-corrected chi connectivity index (χ3v) is 3.23. The molecule has 0 fully saturated rings. The number of aryl methyl sites for hydroxylation is 2. The zero-order valence-electron chi connectivity index (χ0n) is 13.0. The van der Waals surface area contributed by atoms with E-state index in [0.29, 0.717) is 0 Å². The molecule has 0 unspecified atom stereocenters. The second kappa shape index (κ2) is 11.3. The average Bonchev–Trinajstić information content (AvgIpc) is 2.91. The van der Waals surface area contributed by atoms with Crippen LogP contribution in [0.5, 0.6) is 0 Å². The van der Waals surface area contributed by atoms with Crippen molar-refractivity contribution in [3.05, 3.63) is 54.6 Å². The molecule has 2 nitrogen and oxygen atoms in total. The fourth-order valence-corrected chi connectivity index (χ4v) is 2.09. The van der Waals surface area contributed by atoms with Crippen LogP contribution in [0.4, 0.5) is 0 Å². The van der Waals surface area contributed by atoms with Gasteiger partial charge in [-0.1, -0.05) is 45.1 Å². The van der Waals surface area contributed by atoms with E-state index >= 15 is 0 Å². The zero-order valence-corrected chi connectivity index (χ0v) is 13.0. The number of pyridine rings is 1. The summed E-state index contributed by atoms with van der Waals surface area (Å²) in [7, 11) is 0. The van der Waals surface area contributed by atoms with E-state index in [-0.39, 0.29) is 0 Å². The van der Waals surface area contributed by atoms with Crippen LogP contribution in [-0.2, 0) is 6.54 Å². The SMILES string of the molecule is CCCCCCCCn1ccc(C)c1.c1ccncc1. The average molecular weight is 272 g/mol. The van der Waals surface area contributed by atoms with Gasteiger partial charge >= 0.3 is 0 Å². The Balaban J connectivity index is 0.000000276. The second-order valence-corrected chi connectivity index (χ2v) is 5.22. The van der Waals surface area contributed by atoms with E-state index in [9.17, 15) is 0 Å². The molecule has 2 heteroatoms. The van der Waals surface area contributed by atoms with Crippen molar-refractivity contribution >= 4 is 0 Å². The highest BCUT2D eigenvalue weighted by Crippen LogP contribution is 2.07. The van der Waals surface area contributed by atoms with Gasteiger partial charge in [-0.3, -0.25) is 4.98 Å². The van der Waals surface area contributed by atoms with Gasteiger partial charge in [0, 0.05) is 31.3 Å². The van der Waals surface area contributed by atoms with Gasteiger partial charge in [-0.05, 0) is 37.1 Å². The van der Waals surface area contributed by atoms with Crippen molar-refractivity contribution in [3.63, 3.8) is 0 Å². The highest BCUT2D eigenvalue weighted by Gasteiger charge is 1.93. The van der Waals surface area contributed by atoms with Gasteiger partial charge in [0.1, 0.15) is 0 Å². The Morgan fingerprint density at radius 2 is 1.65 bits per heavy atom. The Morgan fingerprint density at radius 1 is 0.950 bits per heavy atom. The molecule has 20 heavy (non-hydrogen) atoms. The van der Waals surface area contributed by atoms with Crippen molar-refractivity contribution in [2.24, 2.45) is 0 Å². The topological polar surface area (TPSA) is 17.8 Å². The molecule has 2 aromatic rings. The summed E-state index contributed by atoms with van der Waals surface area (Å²) in [4.78, 5) is 3.78. The molecule has 0 saturated heterocycles. The van der Waals surface area contributed by atoms with E-state index in [1.165, 1.54) is 50.6 Å². The molecule has 2 rings (SSSR count). The largest absolute Gasteiger partial charge is 0.354 e. The number of aromatic nitrogens is 2. The Bertz CT molecular complexity index is 393. The van der Waals surface area contributed by atoms with Crippen molar-refractivity contribution < 1.29 is 0 Å². The minimum absolute atomic E-state index is 1.19. The number of rotatable bonds is 7. The Kier molecular flexibility index (Phi) is 9.29. The lowest BCUT2D eigenvalue weighted by Gasteiger charge is -2.02. The maximum Gasteiger partial charge on any atom is 0.0267 e. The van der Waals surface area contributed by atoms with E-state index in [4.69, 9.17) is 0 Å². The van der Waals surface area contributed by atoms with Crippen LogP contribution in [0, 0.1) is 6.92 Å². The van der Waals surface area contributed by atoms with Gasteiger partial charge in [0.15, 0.2) is 0 Å². The minimum Gasteiger partial charge on any atom is -0.354 e. The predicted molar refractivity (Wildman–Crippen MR) is 86.8 cm³/mol. The van der Waals surface area contributed by atoms with Gasteiger partial charge in [0.25, 0.3) is 0 Å². The summed E-state index contributed by atoms with van der Waals surface area (Å²) >= 11 is 0. The van der Waals surface area contributed by atoms with Crippen LogP contribution in [0.2, 0.25) is 0 Å². The molecule has 110 valence electrons. The molecular weight excluding hydrogens is 244 g/mol. The molecule has 0 N–H and O–H groups in total. The zero-order chi connectivity index (χ0) is 14.5. The van der Waals surface area contributed by atoms with Gasteiger partial charge in [0.2, 0.25) is 0 Å². The first kappa shape index (κ1) is 16.5. The molecule has 0 aromatic carbocycles. The van der Waals surface area contributed by atoms with Crippen LogP contribution in [0.25, 0.3) is 0 Å². The lowest BCUT2D eigenvalue weighted by molar-refractivity contribution is 0.559. The van der Waals surface area contributed by atoms with E-state index in [0.717, 1.165) is 0 Å². The first-order chi connectivity index (χ1) is 9.83. The van der Waals surface area contributed by atoms with E-state index in [2.05, 4.69) is 41.9 Å². The van der Waals surface area contributed by atoms with E-state index in [1.54, 1.807) is 12.4 Å². The van der Waals surface area contributed by atoms with Gasteiger partial charge in [-0.15, -0.1) is 0 Å². The Morgan fingerprint density at radius 3 is 2.15 bits per heavy atom. The van der Waals surface area contributed by atoms with Crippen molar-refractivity contribution in [2.45, 2.75) is 58.9 Å². The predicted octanol–water partition coefficient (Wildman–Crippen LogP) is 5.24. The molecule has 0 aliphatic carbocycles. The van der Waals surface area contributed by atoms with Crippen LogP contribution < -0.4 is 0 Å². The molecule has 2 aromatic heterocycles. The third-order valence-electron chi connectivity index (χ3n) is 3.23. The number of unbranched alkanes of at least 4 members (excludes halogenated alkanes) is 5. The lowest BCUT2D eigenvalue weighted by Crippen LogP contribution is -1.93. The molecule has 0 bridgehead atoms. The first-order valence-corrected chi connectivity index (χ1v) is 7.80. The van der Waals surface area contributed by atoms with Gasteiger partial charge in [-0.25, -0.2) is 0 Å². The summed E-state index contributed by atoms with van der Waals surface area (Å²) in [6, 6.07) is 7.89. The summed E-state index contributed by atoms with van der Waals surface area (Å²) in [5.41, 5.74) is 1.37. The van der Waals surface area contributed by atoms with Crippen molar-refractivity contribution in [3.8, 4) is 0 Å². The van der Waals surface area contributed by atoms with E-state index in [1.807, 2.05) is 18.2 Å². The molecule has 0 amide bonds. The normalized spacial score (nSPS) is 9.90. The molecular formula is C18H28N2. The van der Waals surface area contributed by atoms with Gasteiger partial charge in [0.05, 0.1) is 0 Å². The monoisotopic (exact) mass is 272 g/mol. The Labute approximate surface area is 123 Å². The molecule has 0 saturated carbocycles. The fraction of sp³-hybridized carbons (Fsp3) is 0.500. The smallest absolute Gasteiger partial charge is 0.0267 e. The fourth-order valence-electron chi connectivity index (χ4n) is 2.09. The highest BCUT2D eigenvalue weighted by molar-refractivity contribution is 5.06. The van der Waals surface area contributed by atoms with Crippen molar-refractivity contribution in [2.75, 3.05) is 0 Å². The summed E-state index contributed by atoms with van der Waals surface area (Å²) in [6.07, 6.45) is 16.2. The second-order valence-electron chi connectivity index (χ2n) is 5.22. The summed E-state index contributed by atoms with van der Waals surface area (Å²) in [5.74, 6) is 0. The lowest BCUT2D eigenvalue weighted by atomic mass is 10.1. The maximum absolute atomic E-state index is 3.78. The van der Waals surface area contributed by atoms with Crippen LogP contribution >= 0.6 is 0 Å². The van der Waals surface area contributed by atoms with E-state index < -0.39 is 0 Å². The van der Waals surface area contributed by atoms with Crippen LogP contribution in [0.1, 0.15) is 51.0 Å². The molecule has 0 aliphatic rings. The number of hydrogen-bond donors (Lipinski definition) is 0. The Hall–Kier alpha value is -1.57. The number of hydrogen-bond acceptors (Lipinski definition) is 1. The molecule has 0 atom stereocenters.